The normalized spacial score (nSPS) is 10.7. The summed E-state index contributed by atoms with van der Waals surface area (Å²) in [7, 11) is 1.59. The standard InChI is InChI=1S/C14H11Br2N3O3/c1-22-14-12(15)6-9(7-13(14)16)8-17-18-10-2-4-11(5-3-10)19(20)21/h2-8,18H,1H3/b17-8+. The van der Waals surface area contributed by atoms with Crippen molar-refractivity contribution in [1.29, 1.82) is 0 Å². The van der Waals surface area contributed by atoms with Crippen LogP contribution in [-0.4, -0.2) is 18.2 Å². The van der Waals surface area contributed by atoms with Gasteiger partial charge in [0.1, 0.15) is 5.75 Å². The van der Waals surface area contributed by atoms with Crippen LogP contribution < -0.4 is 10.2 Å². The van der Waals surface area contributed by atoms with E-state index in [9.17, 15) is 10.1 Å². The van der Waals surface area contributed by atoms with Crippen LogP contribution in [0.3, 0.4) is 0 Å². The first-order chi connectivity index (χ1) is 10.5. The van der Waals surface area contributed by atoms with Gasteiger partial charge in [-0.15, -0.1) is 0 Å². The van der Waals surface area contributed by atoms with Gasteiger partial charge in [-0.25, -0.2) is 0 Å². The zero-order valence-electron chi connectivity index (χ0n) is 11.4. The van der Waals surface area contributed by atoms with Gasteiger partial charge in [0.15, 0.2) is 0 Å². The van der Waals surface area contributed by atoms with E-state index in [1.165, 1.54) is 12.1 Å². The van der Waals surface area contributed by atoms with Gasteiger partial charge in [-0.3, -0.25) is 15.5 Å². The molecule has 0 saturated heterocycles. The fourth-order valence-corrected chi connectivity index (χ4v) is 3.23. The molecule has 0 amide bonds. The molecule has 114 valence electrons. The van der Waals surface area contributed by atoms with E-state index in [0.717, 1.165) is 14.5 Å². The van der Waals surface area contributed by atoms with Crippen molar-refractivity contribution in [3.63, 3.8) is 0 Å². The molecule has 2 aromatic rings. The Kier molecular flexibility index (Phi) is 5.51. The second-order valence-electron chi connectivity index (χ2n) is 4.19. The van der Waals surface area contributed by atoms with Gasteiger partial charge in [0, 0.05) is 12.1 Å². The van der Waals surface area contributed by atoms with Crippen molar-refractivity contribution < 1.29 is 9.66 Å². The molecule has 0 unspecified atom stereocenters. The maximum Gasteiger partial charge on any atom is 0.269 e. The topological polar surface area (TPSA) is 76.8 Å². The SMILES string of the molecule is COc1c(Br)cc(/C=N/Nc2ccc([N+](=O)[O-])cc2)cc1Br. The number of hydrogen-bond acceptors (Lipinski definition) is 5. The molecule has 0 aliphatic rings. The van der Waals surface area contributed by atoms with Crippen LogP contribution >= 0.6 is 31.9 Å². The minimum Gasteiger partial charge on any atom is -0.494 e. The minimum absolute atomic E-state index is 0.0394. The van der Waals surface area contributed by atoms with Crippen molar-refractivity contribution in [3.05, 3.63) is 61.0 Å². The molecule has 6 nitrogen and oxygen atoms in total. The quantitative estimate of drug-likeness (QED) is 0.429. The number of nitrogens with zero attached hydrogens (tertiary/aromatic N) is 2. The number of anilines is 1. The number of hydrogen-bond donors (Lipinski definition) is 1. The second kappa shape index (κ2) is 7.37. The number of nitrogens with one attached hydrogen (secondary N) is 1. The molecule has 0 atom stereocenters. The maximum atomic E-state index is 10.6. The first kappa shape index (κ1) is 16.4. The number of nitro benzene ring substituents is 1. The molecular weight excluding hydrogens is 418 g/mol. The summed E-state index contributed by atoms with van der Waals surface area (Å²) < 4.78 is 6.84. The molecule has 0 bridgehead atoms. The predicted octanol–water partition coefficient (Wildman–Crippen LogP) is 4.57. The molecule has 0 saturated carbocycles. The fourth-order valence-electron chi connectivity index (χ4n) is 1.69. The first-order valence-electron chi connectivity index (χ1n) is 6.08. The number of hydrazone groups is 1. The van der Waals surface area contributed by atoms with Crippen LogP contribution in [0, 0.1) is 10.1 Å². The second-order valence-corrected chi connectivity index (χ2v) is 5.90. The van der Waals surface area contributed by atoms with Crippen molar-refractivity contribution in [1.82, 2.24) is 0 Å². The smallest absolute Gasteiger partial charge is 0.269 e. The molecule has 0 aromatic heterocycles. The van der Waals surface area contributed by atoms with Gasteiger partial charge >= 0.3 is 0 Å². The summed E-state index contributed by atoms with van der Waals surface area (Å²) in [6, 6.07) is 9.75. The molecule has 0 aliphatic heterocycles. The average molecular weight is 429 g/mol. The Morgan fingerprint density at radius 1 is 1.23 bits per heavy atom. The van der Waals surface area contributed by atoms with Gasteiger partial charge in [0.05, 0.1) is 32.9 Å². The molecule has 8 heteroatoms. The van der Waals surface area contributed by atoms with Gasteiger partial charge in [0.2, 0.25) is 0 Å². The van der Waals surface area contributed by atoms with Gasteiger partial charge < -0.3 is 4.74 Å². The number of rotatable bonds is 5. The van der Waals surface area contributed by atoms with E-state index >= 15 is 0 Å². The van der Waals surface area contributed by atoms with Gasteiger partial charge in [0.25, 0.3) is 5.69 Å². The lowest BCUT2D eigenvalue weighted by Crippen LogP contribution is -1.93. The molecule has 0 aliphatic carbocycles. The summed E-state index contributed by atoms with van der Waals surface area (Å²) in [5.41, 5.74) is 4.37. The van der Waals surface area contributed by atoms with Crippen LogP contribution in [0.5, 0.6) is 5.75 Å². The summed E-state index contributed by atoms with van der Waals surface area (Å²) in [5.74, 6) is 0.709. The lowest BCUT2D eigenvalue weighted by molar-refractivity contribution is -0.384. The van der Waals surface area contributed by atoms with E-state index in [4.69, 9.17) is 4.74 Å². The van der Waals surface area contributed by atoms with Crippen molar-refractivity contribution in [2.45, 2.75) is 0 Å². The number of benzene rings is 2. The lowest BCUT2D eigenvalue weighted by Gasteiger charge is -2.06. The number of halogens is 2. The van der Waals surface area contributed by atoms with Crippen LogP contribution in [0.1, 0.15) is 5.56 Å². The summed E-state index contributed by atoms with van der Waals surface area (Å²) in [6.07, 6.45) is 1.64. The monoisotopic (exact) mass is 427 g/mol. The molecule has 2 aromatic carbocycles. The molecular formula is C14H11Br2N3O3. The number of nitro groups is 1. The Balaban J connectivity index is 2.08. The lowest BCUT2D eigenvalue weighted by atomic mass is 10.2. The molecule has 0 spiro atoms. The summed E-state index contributed by atoms with van der Waals surface area (Å²) in [6.45, 7) is 0. The van der Waals surface area contributed by atoms with Crippen LogP contribution in [0.4, 0.5) is 11.4 Å². The Morgan fingerprint density at radius 2 is 1.82 bits per heavy atom. The highest BCUT2D eigenvalue weighted by atomic mass is 79.9. The summed E-state index contributed by atoms with van der Waals surface area (Å²) in [4.78, 5) is 10.1. The third-order valence-electron chi connectivity index (χ3n) is 2.71. The molecule has 0 fully saturated rings. The Hall–Kier alpha value is -1.93. The third-order valence-corrected chi connectivity index (χ3v) is 3.89. The zero-order chi connectivity index (χ0) is 16.1. The van der Waals surface area contributed by atoms with Crippen LogP contribution in [0.15, 0.2) is 50.4 Å². The van der Waals surface area contributed by atoms with Crippen molar-refractivity contribution in [2.75, 3.05) is 12.5 Å². The summed E-state index contributed by atoms with van der Waals surface area (Å²) >= 11 is 6.83. The van der Waals surface area contributed by atoms with E-state index in [-0.39, 0.29) is 5.69 Å². The van der Waals surface area contributed by atoms with Crippen molar-refractivity contribution in [3.8, 4) is 5.75 Å². The summed E-state index contributed by atoms with van der Waals surface area (Å²) in [5, 5.41) is 14.7. The van der Waals surface area contributed by atoms with E-state index < -0.39 is 4.92 Å². The van der Waals surface area contributed by atoms with Crippen molar-refractivity contribution >= 4 is 49.4 Å². The molecule has 0 radical (unpaired) electrons. The zero-order valence-corrected chi connectivity index (χ0v) is 14.6. The van der Waals surface area contributed by atoms with Crippen LogP contribution in [0.25, 0.3) is 0 Å². The Labute approximate surface area is 143 Å². The Bertz CT molecular complexity index is 695. The Morgan fingerprint density at radius 3 is 2.32 bits per heavy atom. The maximum absolute atomic E-state index is 10.6. The van der Waals surface area contributed by atoms with E-state index in [2.05, 4.69) is 42.4 Å². The highest BCUT2D eigenvalue weighted by Gasteiger charge is 2.06. The van der Waals surface area contributed by atoms with Gasteiger partial charge in [-0.2, -0.15) is 5.10 Å². The fraction of sp³-hybridized carbons (Fsp3) is 0.0714. The molecule has 22 heavy (non-hydrogen) atoms. The highest BCUT2D eigenvalue weighted by molar-refractivity contribution is 9.11. The van der Waals surface area contributed by atoms with Crippen LogP contribution in [0.2, 0.25) is 0 Å². The van der Waals surface area contributed by atoms with E-state index in [1.807, 2.05) is 12.1 Å². The number of ether oxygens (including phenoxy) is 1. The van der Waals surface area contributed by atoms with Gasteiger partial charge in [-0.1, -0.05) is 0 Å². The van der Waals surface area contributed by atoms with E-state index in [0.29, 0.717) is 11.4 Å². The highest BCUT2D eigenvalue weighted by Crippen LogP contribution is 2.33. The average Bonchev–Trinajstić information content (AvgIpc) is 2.47. The van der Waals surface area contributed by atoms with E-state index in [1.54, 1.807) is 25.5 Å². The number of methoxy groups -OCH3 is 1. The first-order valence-corrected chi connectivity index (χ1v) is 7.66. The van der Waals surface area contributed by atoms with Crippen molar-refractivity contribution in [2.24, 2.45) is 5.10 Å². The molecule has 0 heterocycles. The van der Waals surface area contributed by atoms with Gasteiger partial charge in [-0.05, 0) is 61.7 Å². The largest absolute Gasteiger partial charge is 0.494 e. The molecule has 2 rings (SSSR count). The molecule has 1 N–H and O–H groups in total. The third kappa shape index (κ3) is 4.05. The predicted molar refractivity (Wildman–Crippen MR) is 92.7 cm³/mol. The number of non-ortho nitro benzene ring substituents is 1. The minimum atomic E-state index is -0.445. The van der Waals surface area contributed by atoms with Crippen LogP contribution in [-0.2, 0) is 0 Å².